The van der Waals surface area contributed by atoms with Crippen LogP contribution in [0.1, 0.15) is 0 Å². The van der Waals surface area contributed by atoms with Gasteiger partial charge in [-0.05, 0) is 0 Å². The highest BCUT2D eigenvalue weighted by Crippen LogP contribution is 2.11. The van der Waals surface area contributed by atoms with Crippen LogP contribution in [0.4, 0.5) is 13.2 Å². The Kier molecular flexibility index (Phi) is 1.25. The first-order valence-electron chi connectivity index (χ1n) is 1.31. The maximum absolute atomic E-state index is 10.7. The van der Waals surface area contributed by atoms with Gasteiger partial charge in [-0.1, -0.05) is 0 Å². The van der Waals surface area contributed by atoms with Crippen LogP contribution in [0.25, 0.3) is 0 Å². The average molecular weight is 114 g/mol. The van der Waals surface area contributed by atoms with Gasteiger partial charge in [-0.15, -0.1) is 0 Å². The van der Waals surface area contributed by atoms with Gasteiger partial charge in [0.2, 0.25) is 0 Å². The summed E-state index contributed by atoms with van der Waals surface area (Å²) >= 11 is 0. The molecule has 0 aromatic carbocycles. The van der Waals surface area contributed by atoms with Crippen molar-refractivity contribution in [1.29, 1.82) is 0 Å². The summed E-state index contributed by atoms with van der Waals surface area (Å²) in [6.45, 7) is 0. The van der Waals surface area contributed by atoms with E-state index in [4.69, 9.17) is 4.79 Å². The average Bonchev–Trinajstić information content (AvgIpc) is 1.31. The zero-order chi connectivity index (χ0) is 6.08. The summed E-state index contributed by atoms with van der Waals surface area (Å²) in [4.78, 5) is 9.12. The molecular formula is C2H2F3NO. The number of alkyl halides is 3. The summed E-state index contributed by atoms with van der Waals surface area (Å²) in [5.74, 6) is -2.26. The Morgan fingerprint density at radius 3 is 1.57 bits per heavy atom. The molecule has 0 heterocycles. The summed E-state index contributed by atoms with van der Waals surface area (Å²) < 4.78 is 32.1. The van der Waals surface area contributed by atoms with E-state index in [-0.39, 0.29) is 0 Å². The molecule has 2 nitrogen and oxygen atoms in total. The van der Waals surface area contributed by atoms with Gasteiger partial charge in [0.1, 0.15) is 0 Å². The van der Waals surface area contributed by atoms with Crippen molar-refractivity contribution in [3.8, 4) is 0 Å². The molecule has 0 fully saturated rings. The normalized spacial score (nSPS) is 11.3. The van der Waals surface area contributed by atoms with E-state index in [9.17, 15) is 13.2 Å². The molecule has 2 N–H and O–H groups in total. The van der Waals surface area contributed by atoms with E-state index in [0.29, 0.717) is 0 Å². The van der Waals surface area contributed by atoms with E-state index >= 15 is 0 Å². The minimum absolute atomic E-state index is 2.26. The van der Waals surface area contributed by atoms with Crippen molar-refractivity contribution in [2.75, 3.05) is 0 Å². The van der Waals surface area contributed by atoms with Crippen LogP contribution in [0.2, 0.25) is 0 Å². The molecule has 0 atom stereocenters. The third-order valence-corrected chi connectivity index (χ3v) is 0.279. The summed E-state index contributed by atoms with van der Waals surface area (Å²) in [7, 11) is 0. The third kappa shape index (κ3) is 2.02. The standard InChI is InChI=1S/C2H2F3NO/c3-2(4,5)1(6)7/h(H2,6,7)/i6+1. The molecule has 7 heavy (non-hydrogen) atoms. The lowest BCUT2D eigenvalue weighted by Crippen LogP contribution is -2.30. The molecular weight excluding hydrogens is 112 g/mol. The number of hydrogen-bond donors (Lipinski definition) is 1. The number of carbonyl (C=O) groups is 1. The minimum Gasteiger partial charge on any atom is -0.362 e. The molecule has 5 heteroatoms. The number of primary amides is 1. The first-order chi connectivity index (χ1) is 2.94. The first-order valence-corrected chi connectivity index (χ1v) is 1.31. The molecule has 0 rings (SSSR count). The first kappa shape index (κ1) is 6.26. The number of rotatable bonds is 0. The molecule has 0 saturated heterocycles. The van der Waals surface area contributed by atoms with E-state index in [0.717, 1.165) is 0 Å². The zero-order valence-corrected chi connectivity index (χ0v) is 3.12. The molecule has 42 valence electrons. The lowest BCUT2D eigenvalue weighted by Gasteiger charge is -1.95. The van der Waals surface area contributed by atoms with Crippen molar-refractivity contribution in [3.05, 3.63) is 0 Å². The van der Waals surface area contributed by atoms with E-state index in [1.165, 1.54) is 0 Å². The Labute approximate surface area is 37.1 Å². The Bertz CT molecular complexity index is 85.4. The van der Waals surface area contributed by atoms with Gasteiger partial charge in [0, 0.05) is 0 Å². The van der Waals surface area contributed by atoms with Crippen LogP contribution in [0, 0.1) is 0 Å². The van der Waals surface area contributed by atoms with Crippen LogP contribution in [0.15, 0.2) is 0 Å². The van der Waals surface area contributed by atoms with Gasteiger partial charge < -0.3 is 5.73 Å². The van der Waals surface area contributed by atoms with Crippen LogP contribution < -0.4 is 5.73 Å². The maximum atomic E-state index is 10.7. The molecule has 1 amide bonds. The largest absolute Gasteiger partial charge is 0.470 e. The van der Waals surface area contributed by atoms with Crippen LogP contribution >= 0.6 is 0 Å². The number of hydrogen-bond acceptors (Lipinski definition) is 1. The smallest absolute Gasteiger partial charge is 0.362 e. The molecule has 0 aromatic rings. The number of amides is 1. The monoisotopic (exact) mass is 114 g/mol. The number of halogens is 3. The fourth-order valence-electron chi connectivity index (χ4n) is 0. The van der Waals surface area contributed by atoms with E-state index in [2.05, 4.69) is 5.73 Å². The molecule has 0 unspecified atom stereocenters. The van der Waals surface area contributed by atoms with Crippen LogP contribution in [-0.2, 0) is 4.79 Å². The van der Waals surface area contributed by atoms with Gasteiger partial charge in [0.15, 0.2) is 0 Å². The van der Waals surface area contributed by atoms with Crippen LogP contribution in [0.3, 0.4) is 0 Å². The lowest BCUT2D eigenvalue weighted by atomic mass is 10.7. The molecule has 0 bridgehead atoms. The van der Waals surface area contributed by atoms with Gasteiger partial charge in [0.05, 0.1) is 0 Å². The topological polar surface area (TPSA) is 43.1 Å². The van der Waals surface area contributed by atoms with Crippen molar-refractivity contribution < 1.29 is 18.0 Å². The molecule has 0 saturated carbocycles. The molecule has 0 spiro atoms. The van der Waals surface area contributed by atoms with Gasteiger partial charge in [-0.3, -0.25) is 4.79 Å². The summed E-state index contributed by atoms with van der Waals surface area (Å²) in [6, 6.07) is 0. The molecule has 0 aliphatic heterocycles. The minimum atomic E-state index is -4.86. The van der Waals surface area contributed by atoms with E-state index in [1.54, 1.807) is 0 Å². The van der Waals surface area contributed by atoms with Crippen molar-refractivity contribution in [3.63, 3.8) is 0 Å². The fourth-order valence-corrected chi connectivity index (χ4v) is 0. The predicted molar refractivity (Wildman–Crippen MR) is 15.2 cm³/mol. The summed E-state index contributed by atoms with van der Waals surface area (Å²) in [6.07, 6.45) is -4.86. The van der Waals surface area contributed by atoms with E-state index in [1.807, 2.05) is 0 Å². The van der Waals surface area contributed by atoms with Gasteiger partial charge in [-0.25, -0.2) is 0 Å². The Hall–Kier alpha value is -0.740. The van der Waals surface area contributed by atoms with Crippen LogP contribution in [0.5, 0.6) is 0 Å². The number of nitrogens with two attached hydrogens (primary N) is 1. The third-order valence-electron chi connectivity index (χ3n) is 0.279. The SMILES string of the molecule is [15NH2]C(=O)C(F)(F)F. The Balaban J connectivity index is 3.79. The van der Waals surface area contributed by atoms with Crippen molar-refractivity contribution in [1.82, 2.24) is 0 Å². The van der Waals surface area contributed by atoms with Gasteiger partial charge >= 0.3 is 12.1 Å². The van der Waals surface area contributed by atoms with Gasteiger partial charge in [0.25, 0.3) is 0 Å². The van der Waals surface area contributed by atoms with Crippen molar-refractivity contribution >= 4 is 5.91 Å². The Morgan fingerprint density at radius 2 is 1.57 bits per heavy atom. The molecule has 0 radical (unpaired) electrons. The zero-order valence-electron chi connectivity index (χ0n) is 3.12. The second-order valence-corrected chi connectivity index (χ2v) is 0.862. The molecule has 0 aliphatic rings. The van der Waals surface area contributed by atoms with Gasteiger partial charge in [-0.2, -0.15) is 13.2 Å². The highest BCUT2D eigenvalue weighted by Gasteiger charge is 2.35. The Morgan fingerprint density at radius 1 is 1.43 bits per heavy atom. The lowest BCUT2D eigenvalue weighted by molar-refractivity contribution is -0.169. The quantitative estimate of drug-likeness (QED) is 0.443. The highest BCUT2D eigenvalue weighted by molar-refractivity contribution is 5.79. The van der Waals surface area contributed by atoms with E-state index < -0.39 is 12.1 Å². The second-order valence-electron chi connectivity index (χ2n) is 0.862. The van der Waals surface area contributed by atoms with Crippen LogP contribution in [-0.4, -0.2) is 12.1 Å². The van der Waals surface area contributed by atoms with Crippen molar-refractivity contribution in [2.24, 2.45) is 5.73 Å². The summed E-state index contributed by atoms with van der Waals surface area (Å²) in [5, 5.41) is 0. The van der Waals surface area contributed by atoms with Crippen molar-refractivity contribution in [2.45, 2.75) is 6.18 Å². The summed E-state index contributed by atoms with van der Waals surface area (Å²) in [5.41, 5.74) is 3.81. The second kappa shape index (κ2) is 1.40. The predicted octanol–water partition coefficient (Wildman–Crippen LogP) is 0.0340. The fraction of sp³-hybridized carbons (Fsp3) is 0.500. The molecule has 0 aliphatic carbocycles. The maximum Gasteiger partial charge on any atom is 0.470 e. The molecule has 0 aromatic heterocycles. The number of carbonyl (C=O) groups excluding carboxylic acids is 1. The highest BCUT2D eigenvalue weighted by atomic mass is 19.4.